The first kappa shape index (κ1) is 13.6. The summed E-state index contributed by atoms with van der Waals surface area (Å²) in [6.45, 7) is 2.49. The van der Waals surface area contributed by atoms with Gasteiger partial charge in [0.15, 0.2) is 0 Å². The second-order valence-electron chi connectivity index (χ2n) is 3.88. The van der Waals surface area contributed by atoms with E-state index in [9.17, 15) is 0 Å². The molecule has 0 atom stereocenters. The largest absolute Gasteiger partial charge is 0.385 e. The van der Waals surface area contributed by atoms with Crippen molar-refractivity contribution in [3.63, 3.8) is 0 Å². The number of thiophene rings is 1. The van der Waals surface area contributed by atoms with Crippen molar-refractivity contribution in [2.45, 2.75) is 13.0 Å². The van der Waals surface area contributed by atoms with Crippen molar-refractivity contribution in [3.8, 4) is 0 Å². The highest BCUT2D eigenvalue weighted by molar-refractivity contribution is 9.10. The van der Waals surface area contributed by atoms with Gasteiger partial charge in [-0.2, -0.15) is 0 Å². The molecule has 2 aromatic rings. The molecule has 2 aromatic heterocycles. The molecule has 4 nitrogen and oxygen atoms in total. The number of hydrogen-bond acceptors (Lipinski definition) is 4. The molecule has 0 saturated carbocycles. The summed E-state index contributed by atoms with van der Waals surface area (Å²) in [5.74, 6) is 0.913. The normalized spacial score (nSPS) is 10.8. The quantitative estimate of drug-likeness (QED) is 0.793. The molecule has 0 amide bonds. The minimum Gasteiger partial charge on any atom is -0.385 e. The van der Waals surface area contributed by atoms with E-state index in [2.05, 4.69) is 42.2 Å². The van der Waals surface area contributed by atoms with Crippen LogP contribution in [0.5, 0.6) is 0 Å². The van der Waals surface area contributed by atoms with E-state index in [0.29, 0.717) is 0 Å². The van der Waals surface area contributed by atoms with Crippen LogP contribution in [0.4, 0.5) is 5.95 Å². The van der Waals surface area contributed by atoms with Crippen molar-refractivity contribution < 1.29 is 4.74 Å². The molecule has 0 radical (unpaired) electrons. The molecule has 2 rings (SSSR count). The maximum Gasteiger partial charge on any atom is 0.203 e. The van der Waals surface area contributed by atoms with E-state index in [0.717, 1.165) is 36.5 Å². The van der Waals surface area contributed by atoms with Crippen molar-refractivity contribution in [1.29, 1.82) is 0 Å². The average Bonchev–Trinajstić information content (AvgIpc) is 2.95. The average molecular weight is 330 g/mol. The van der Waals surface area contributed by atoms with E-state index in [4.69, 9.17) is 4.74 Å². The summed E-state index contributed by atoms with van der Waals surface area (Å²) in [5.41, 5.74) is 0. The van der Waals surface area contributed by atoms with Crippen LogP contribution >= 0.6 is 27.3 Å². The predicted molar refractivity (Wildman–Crippen MR) is 78.3 cm³/mol. The van der Waals surface area contributed by atoms with Crippen LogP contribution in [0.1, 0.15) is 11.3 Å². The molecule has 0 saturated heterocycles. The second kappa shape index (κ2) is 6.92. The molecule has 0 fully saturated rings. The highest BCUT2D eigenvalue weighted by Crippen LogP contribution is 2.21. The lowest BCUT2D eigenvalue weighted by molar-refractivity contribution is 0.197. The third-order valence-corrected chi connectivity index (χ3v) is 4.15. The molecule has 98 valence electrons. The Morgan fingerprint density at radius 1 is 1.56 bits per heavy atom. The maximum absolute atomic E-state index is 5.02. The first-order valence-electron chi connectivity index (χ1n) is 5.76. The van der Waals surface area contributed by atoms with Crippen molar-refractivity contribution in [2.24, 2.45) is 0 Å². The fourth-order valence-electron chi connectivity index (χ4n) is 1.63. The lowest BCUT2D eigenvalue weighted by Crippen LogP contribution is -2.10. The van der Waals surface area contributed by atoms with Crippen molar-refractivity contribution in [2.75, 3.05) is 25.6 Å². The maximum atomic E-state index is 5.02. The number of nitrogens with zero attached hydrogens (tertiary/aromatic N) is 2. The van der Waals surface area contributed by atoms with Crippen molar-refractivity contribution in [1.82, 2.24) is 9.55 Å². The van der Waals surface area contributed by atoms with Gasteiger partial charge in [-0.1, -0.05) is 0 Å². The zero-order valence-corrected chi connectivity index (χ0v) is 12.6. The first-order chi connectivity index (χ1) is 8.79. The van der Waals surface area contributed by atoms with Gasteiger partial charge in [0.1, 0.15) is 0 Å². The first-order valence-corrected chi connectivity index (χ1v) is 7.43. The van der Waals surface area contributed by atoms with E-state index in [1.54, 1.807) is 18.4 Å². The summed E-state index contributed by atoms with van der Waals surface area (Å²) in [6.07, 6.45) is 4.79. The molecule has 18 heavy (non-hydrogen) atoms. The fourth-order valence-corrected chi connectivity index (χ4v) is 3.07. The topological polar surface area (TPSA) is 39.1 Å². The van der Waals surface area contributed by atoms with Gasteiger partial charge in [0.25, 0.3) is 0 Å². The number of anilines is 1. The summed E-state index contributed by atoms with van der Waals surface area (Å²) >= 11 is 5.22. The second-order valence-corrected chi connectivity index (χ2v) is 5.79. The SMILES string of the molecule is COCCCNc1nccn1Cc1cc(Br)cs1. The Bertz CT molecular complexity index is 483. The summed E-state index contributed by atoms with van der Waals surface area (Å²) in [7, 11) is 1.72. The molecular weight excluding hydrogens is 314 g/mol. The zero-order chi connectivity index (χ0) is 12.8. The minimum atomic E-state index is 0.769. The van der Waals surface area contributed by atoms with Gasteiger partial charge in [0.05, 0.1) is 6.54 Å². The van der Waals surface area contributed by atoms with Crippen LogP contribution in [-0.4, -0.2) is 29.8 Å². The summed E-state index contributed by atoms with van der Waals surface area (Å²) in [6, 6.07) is 2.14. The molecule has 0 aromatic carbocycles. The minimum absolute atomic E-state index is 0.769. The smallest absolute Gasteiger partial charge is 0.203 e. The predicted octanol–water partition coefficient (Wildman–Crippen LogP) is 3.20. The Morgan fingerprint density at radius 2 is 2.44 bits per heavy atom. The lowest BCUT2D eigenvalue weighted by Gasteiger charge is -2.08. The molecule has 0 aliphatic carbocycles. The van der Waals surface area contributed by atoms with Crippen LogP contribution in [-0.2, 0) is 11.3 Å². The number of hydrogen-bond donors (Lipinski definition) is 1. The van der Waals surface area contributed by atoms with Crippen LogP contribution in [0, 0.1) is 0 Å². The molecule has 0 unspecified atom stereocenters. The van der Waals surface area contributed by atoms with Gasteiger partial charge < -0.3 is 14.6 Å². The van der Waals surface area contributed by atoms with E-state index in [-0.39, 0.29) is 0 Å². The van der Waals surface area contributed by atoms with Gasteiger partial charge in [0, 0.05) is 47.4 Å². The Balaban J connectivity index is 1.91. The molecule has 6 heteroatoms. The molecule has 1 N–H and O–H groups in total. The molecular formula is C12H16BrN3OS. The number of rotatable bonds is 7. The number of imidazole rings is 1. The Labute approximate surface area is 119 Å². The summed E-state index contributed by atoms with van der Waals surface area (Å²) in [4.78, 5) is 5.63. The Kier molecular flexibility index (Phi) is 5.22. The highest BCUT2D eigenvalue weighted by atomic mass is 79.9. The van der Waals surface area contributed by atoms with Gasteiger partial charge in [-0.05, 0) is 28.4 Å². The number of halogens is 1. The molecule has 0 aliphatic rings. The lowest BCUT2D eigenvalue weighted by atomic mass is 10.4. The molecule has 0 aliphatic heterocycles. The van der Waals surface area contributed by atoms with Crippen LogP contribution in [0.15, 0.2) is 28.3 Å². The number of aromatic nitrogens is 2. The zero-order valence-electron chi connectivity index (χ0n) is 10.2. The van der Waals surface area contributed by atoms with Crippen LogP contribution < -0.4 is 5.32 Å². The number of nitrogens with one attached hydrogen (secondary N) is 1. The highest BCUT2D eigenvalue weighted by Gasteiger charge is 2.04. The molecule has 2 heterocycles. The Morgan fingerprint density at radius 3 is 3.17 bits per heavy atom. The molecule has 0 spiro atoms. The van der Waals surface area contributed by atoms with Crippen molar-refractivity contribution in [3.05, 3.63) is 33.2 Å². The standard InChI is InChI=1S/C12H16BrN3OS/c1-17-6-2-3-14-12-15-4-5-16(12)8-11-7-10(13)9-18-11/h4-5,7,9H,2-3,6,8H2,1H3,(H,14,15). The van der Waals surface area contributed by atoms with Crippen LogP contribution in [0.25, 0.3) is 0 Å². The van der Waals surface area contributed by atoms with Crippen molar-refractivity contribution >= 4 is 33.2 Å². The van der Waals surface area contributed by atoms with E-state index >= 15 is 0 Å². The fraction of sp³-hybridized carbons (Fsp3) is 0.417. The van der Waals surface area contributed by atoms with Gasteiger partial charge in [-0.15, -0.1) is 11.3 Å². The third kappa shape index (κ3) is 3.83. The van der Waals surface area contributed by atoms with Crippen LogP contribution in [0.3, 0.4) is 0 Å². The van der Waals surface area contributed by atoms with Gasteiger partial charge in [-0.3, -0.25) is 0 Å². The van der Waals surface area contributed by atoms with Gasteiger partial charge in [-0.25, -0.2) is 4.98 Å². The van der Waals surface area contributed by atoms with Crippen LogP contribution in [0.2, 0.25) is 0 Å². The van der Waals surface area contributed by atoms with E-state index < -0.39 is 0 Å². The third-order valence-electron chi connectivity index (χ3n) is 2.47. The van der Waals surface area contributed by atoms with Gasteiger partial charge in [0.2, 0.25) is 5.95 Å². The van der Waals surface area contributed by atoms with E-state index in [1.165, 1.54) is 4.88 Å². The Hall–Kier alpha value is -0.850. The summed E-state index contributed by atoms with van der Waals surface area (Å²) in [5, 5.41) is 5.42. The molecule has 0 bridgehead atoms. The summed E-state index contributed by atoms with van der Waals surface area (Å²) < 4.78 is 8.27. The van der Waals surface area contributed by atoms with E-state index in [1.807, 2.05) is 12.4 Å². The number of ether oxygens (including phenoxy) is 1. The monoisotopic (exact) mass is 329 g/mol. The van der Waals surface area contributed by atoms with Gasteiger partial charge >= 0.3 is 0 Å². The number of methoxy groups -OCH3 is 1.